The Kier molecular flexibility index (Phi) is 6.40. The molecule has 0 bridgehead atoms. The summed E-state index contributed by atoms with van der Waals surface area (Å²) in [5, 5.41) is 10.3. The number of aromatic nitrogens is 1. The van der Waals surface area contributed by atoms with Crippen LogP contribution in [0.1, 0.15) is 28.8 Å². The maximum Gasteiger partial charge on any atom is 0.243 e. The molecule has 36 heavy (non-hydrogen) atoms. The lowest BCUT2D eigenvalue weighted by molar-refractivity contribution is 0.414. The highest BCUT2D eigenvalue weighted by Crippen LogP contribution is 2.36. The van der Waals surface area contributed by atoms with Gasteiger partial charge < -0.3 is 9.30 Å². The topological polar surface area (TPSA) is 75.3 Å². The van der Waals surface area contributed by atoms with E-state index in [2.05, 4.69) is 35.8 Å². The SMILES string of the molecule is COc1cccc(Cn2c(C)c(C3=CCN(S(=O)(=O)c4cccc(C#N)c4)CC3)c3ccccc32)c1. The Bertz CT molecular complexity index is 1630. The molecule has 0 atom stereocenters. The third-order valence-electron chi connectivity index (χ3n) is 6.80. The van der Waals surface area contributed by atoms with Crippen LogP contribution in [0.4, 0.5) is 0 Å². The highest BCUT2D eigenvalue weighted by molar-refractivity contribution is 7.89. The van der Waals surface area contributed by atoms with Crippen molar-refractivity contribution in [3.05, 3.63) is 101 Å². The van der Waals surface area contributed by atoms with Gasteiger partial charge in [0.25, 0.3) is 0 Å². The number of ether oxygens (including phenoxy) is 1. The van der Waals surface area contributed by atoms with Crippen molar-refractivity contribution in [1.29, 1.82) is 5.26 Å². The van der Waals surface area contributed by atoms with Gasteiger partial charge in [-0.15, -0.1) is 0 Å². The van der Waals surface area contributed by atoms with Gasteiger partial charge in [-0.2, -0.15) is 9.57 Å². The molecule has 4 aromatic rings. The number of para-hydroxylation sites is 1. The first kappa shape index (κ1) is 23.9. The van der Waals surface area contributed by atoms with Gasteiger partial charge in [-0.3, -0.25) is 0 Å². The molecule has 0 saturated carbocycles. The summed E-state index contributed by atoms with van der Waals surface area (Å²) in [6.07, 6.45) is 2.64. The van der Waals surface area contributed by atoms with Crippen LogP contribution >= 0.6 is 0 Å². The molecule has 1 aliphatic rings. The number of hydrogen-bond donors (Lipinski definition) is 0. The van der Waals surface area contributed by atoms with Crippen molar-refractivity contribution < 1.29 is 13.2 Å². The molecule has 1 aromatic heterocycles. The van der Waals surface area contributed by atoms with Crippen molar-refractivity contribution in [3.63, 3.8) is 0 Å². The van der Waals surface area contributed by atoms with Crippen LogP contribution in [-0.2, 0) is 16.6 Å². The van der Waals surface area contributed by atoms with E-state index in [1.54, 1.807) is 25.3 Å². The van der Waals surface area contributed by atoms with Crippen LogP contribution < -0.4 is 4.74 Å². The van der Waals surface area contributed by atoms with E-state index in [4.69, 9.17) is 10.00 Å². The van der Waals surface area contributed by atoms with Gasteiger partial charge >= 0.3 is 0 Å². The number of nitriles is 1. The molecule has 2 heterocycles. The molecular weight excluding hydrogens is 470 g/mol. The molecule has 1 aliphatic heterocycles. The van der Waals surface area contributed by atoms with E-state index in [9.17, 15) is 8.42 Å². The number of rotatable bonds is 6. The highest BCUT2D eigenvalue weighted by Gasteiger charge is 2.28. The van der Waals surface area contributed by atoms with Crippen LogP contribution in [0.5, 0.6) is 5.75 Å². The molecule has 0 radical (unpaired) electrons. The molecule has 6 nitrogen and oxygen atoms in total. The van der Waals surface area contributed by atoms with E-state index in [0.717, 1.165) is 28.1 Å². The predicted molar refractivity (Wildman–Crippen MR) is 141 cm³/mol. The van der Waals surface area contributed by atoms with Crippen LogP contribution in [-0.4, -0.2) is 37.5 Å². The second-order valence-corrected chi connectivity index (χ2v) is 10.8. The lowest BCUT2D eigenvalue weighted by Crippen LogP contribution is -2.34. The van der Waals surface area contributed by atoms with Gasteiger partial charge in [0.15, 0.2) is 0 Å². The number of fused-ring (bicyclic) bond motifs is 1. The van der Waals surface area contributed by atoms with E-state index in [1.807, 2.05) is 36.4 Å². The number of methoxy groups -OCH3 is 1. The molecule has 3 aromatic carbocycles. The van der Waals surface area contributed by atoms with Crippen LogP contribution in [0.2, 0.25) is 0 Å². The Labute approximate surface area is 211 Å². The lowest BCUT2D eigenvalue weighted by atomic mass is 9.97. The fourth-order valence-corrected chi connectivity index (χ4v) is 6.39. The third-order valence-corrected chi connectivity index (χ3v) is 8.66. The Balaban J connectivity index is 1.48. The average molecular weight is 498 g/mol. The Morgan fingerprint density at radius 1 is 1.03 bits per heavy atom. The fourth-order valence-electron chi connectivity index (χ4n) is 4.96. The summed E-state index contributed by atoms with van der Waals surface area (Å²) in [7, 11) is -2.00. The van der Waals surface area contributed by atoms with E-state index < -0.39 is 10.0 Å². The molecule has 0 spiro atoms. The molecule has 0 saturated heterocycles. The summed E-state index contributed by atoms with van der Waals surface area (Å²) in [4.78, 5) is 0.157. The quantitative estimate of drug-likeness (QED) is 0.360. The molecule has 0 unspecified atom stereocenters. The molecule has 0 amide bonds. The largest absolute Gasteiger partial charge is 0.497 e. The Morgan fingerprint density at radius 3 is 2.58 bits per heavy atom. The Morgan fingerprint density at radius 2 is 1.83 bits per heavy atom. The lowest BCUT2D eigenvalue weighted by Gasteiger charge is -2.26. The van der Waals surface area contributed by atoms with Crippen molar-refractivity contribution in [1.82, 2.24) is 8.87 Å². The highest BCUT2D eigenvalue weighted by atomic mass is 32.2. The van der Waals surface area contributed by atoms with Crippen molar-refractivity contribution in [2.45, 2.75) is 24.8 Å². The third kappa shape index (κ3) is 4.30. The minimum atomic E-state index is -3.67. The van der Waals surface area contributed by atoms with Crippen molar-refractivity contribution in [2.24, 2.45) is 0 Å². The van der Waals surface area contributed by atoms with Gasteiger partial charge in [0.1, 0.15) is 5.75 Å². The van der Waals surface area contributed by atoms with Crippen LogP contribution in [0.3, 0.4) is 0 Å². The maximum absolute atomic E-state index is 13.2. The second kappa shape index (κ2) is 9.65. The van der Waals surface area contributed by atoms with Gasteiger partial charge in [-0.1, -0.05) is 42.5 Å². The van der Waals surface area contributed by atoms with Gasteiger partial charge in [-0.05, 0) is 60.9 Å². The van der Waals surface area contributed by atoms with E-state index >= 15 is 0 Å². The number of nitrogens with zero attached hydrogens (tertiary/aromatic N) is 3. The number of sulfonamides is 1. The molecule has 5 rings (SSSR count). The summed E-state index contributed by atoms with van der Waals surface area (Å²) in [6, 6.07) is 24.7. The maximum atomic E-state index is 13.2. The number of hydrogen-bond acceptors (Lipinski definition) is 4. The number of benzene rings is 3. The Hall–Kier alpha value is -3.86. The molecular formula is C29H27N3O3S. The smallest absolute Gasteiger partial charge is 0.243 e. The standard InChI is InChI=1S/C29H27N3O3S/c1-21-29(24-13-15-31(16-14-24)36(33,34)26-10-6-7-22(18-26)19-30)27-11-3-4-12-28(27)32(21)20-23-8-5-9-25(17-23)35-2/h3-13,17-18H,14-16,20H2,1-2H3. The van der Waals surface area contributed by atoms with Gasteiger partial charge in [0.05, 0.1) is 23.6 Å². The molecule has 0 fully saturated rings. The zero-order valence-corrected chi connectivity index (χ0v) is 21.1. The van der Waals surface area contributed by atoms with Crippen LogP contribution in [0.15, 0.2) is 83.8 Å². The minimum Gasteiger partial charge on any atom is -0.497 e. The summed E-state index contributed by atoms with van der Waals surface area (Å²) in [5.74, 6) is 0.832. The zero-order chi connectivity index (χ0) is 25.3. The molecule has 0 N–H and O–H groups in total. The summed E-state index contributed by atoms with van der Waals surface area (Å²) in [5.41, 5.74) is 6.13. The van der Waals surface area contributed by atoms with Crippen molar-refractivity contribution >= 4 is 26.5 Å². The fraction of sp³-hybridized carbons (Fsp3) is 0.207. The minimum absolute atomic E-state index is 0.157. The van der Waals surface area contributed by atoms with Gasteiger partial charge in [-0.25, -0.2) is 8.42 Å². The first-order valence-electron chi connectivity index (χ1n) is 11.8. The van der Waals surface area contributed by atoms with Crippen molar-refractivity contribution in [2.75, 3.05) is 20.2 Å². The zero-order valence-electron chi connectivity index (χ0n) is 20.3. The first-order valence-corrected chi connectivity index (χ1v) is 13.3. The van der Waals surface area contributed by atoms with E-state index in [-0.39, 0.29) is 4.90 Å². The van der Waals surface area contributed by atoms with Crippen molar-refractivity contribution in [3.8, 4) is 11.8 Å². The summed E-state index contributed by atoms with van der Waals surface area (Å²) < 4.78 is 35.6. The van der Waals surface area contributed by atoms with Gasteiger partial charge in [0.2, 0.25) is 10.0 Å². The normalized spacial score (nSPS) is 14.4. The van der Waals surface area contributed by atoms with E-state index in [1.165, 1.54) is 21.3 Å². The monoisotopic (exact) mass is 497 g/mol. The van der Waals surface area contributed by atoms with E-state index in [0.29, 0.717) is 31.6 Å². The summed E-state index contributed by atoms with van der Waals surface area (Å²) >= 11 is 0. The first-order chi connectivity index (χ1) is 17.4. The molecule has 0 aliphatic carbocycles. The van der Waals surface area contributed by atoms with Gasteiger partial charge in [0, 0.05) is 41.8 Å². The summed E-state index contributed by atoms with van der Waals surface area (Å²) in [6.45, 7) is 3.53. The van der Waals surface area contributed by atoms with Crippen LogP contribution in [0, 0.1) is 18.3 Å². The average Bonchev–Trinajstić information content (AvgIpc) is 3.19. The second-order valence-electron chi connectivity index (χ2n) is 8.90. The molecule has 7 heteroatoms. The predicted octanol–water partition coefficient (Wildman–Crippen LogP) is 5.36. The molecule has 182 valence electrons. The van der Waals surface area contributed by atoms with Crippen LogP contribution in [0.25, 0.3) is 16.5 Å².